The van der Waals surface area contributed by atoms with Gasteiger partial charge in [-0.3, -0.25) is 4.79 Å². The highest BCUT2D eigenvalue weighted by Gasteiger charge is 2.06. The molecule has 0 saturated heterocycles. The quantitative estimate of drug-likeness (QED) is 0.730. The van der Waals surface area contributed by atoms with Gasteiger partial charge in [0.25, 0.3) is 5.91 Å². The minimum Gasteiger partial charge on any atom is -0.497 e. The van der Waals surface area contributed by atoms with Crippen molar-refractivity contribution in [1.29, 1.82) is 0 Å². The summed E-state index contributed by atoms with van der Waals surface area (Å²) >= 11 is 0. The van der Waals surface area contributed by atoms with Crippen LogP contribution in [0.1, 0.15) is 15.9 Å². The molecule has 0 radical (unpaired) electrons. The van der Waals surface area contributed by atoms with E-state index in [0.717, 1.165) is 17.7 Å². The molecular weight excluding hydrogens is 292 g/mol. The number of ether oxygens (including phenoxy) is 1. The molecule has 23 heavy (non-hydrogen) atoms. The zero-order valence-electron chi connectivity index (χ0n) is 13.1. The molecule has 6 nitrogen and oxygen atoms in total. The van der Waals surface area contributed by atoms with E-state index in [9.17, 15) is 4.79 Å². The van der Waals surface area contributed by atoms with E-state index < -0.39 is 0 Å². The average Bonchev–Trinajstić information content (AvgIpc) is 2.61. The summed E-state index contributed by atoms with van der Waals surface area (Å²) in [7, 11) is 1.63. The number of hydrogen-bond donors (Lipinski definition) is 2. The summed E-state index contributed by atoms with van der Waals surface area (Å²) in [5.41, 5.74) is 1.57. The molecule has 2 N–H and O–H groups in total. The Hall–Kier alpha value is -2.89. The highest BCUT2D eigenvalue weighted by Crippen LogP contribution is 2.11. The molecule has 120 valence electrons. The van der Waals surface area contributed by atoms with E-state index in [1.54, 1.807) is 13.2 Å². The third kappa shape index (κ3) is 5.10. The number of anilines is 1. The molecule has 2 rings (SSSR count). The van der Waals surface area contributed by atoms with Crippen molar-refractivity contribution >= 4 is 11.9 Å². The number of nitrogens with one attached hydrogen (secondary N) is 2. The van der Waals surface area contributed by atoms with Gasteiger partial charge in [0.2, 0.25) is 5.95 Å². The third-order valence-electron chi connectivity index (χ3n) is 3.18. The van der Waals surface area contributed by atoms with Crippen LogP contribution in [-0.2, 0) is 6.42 Å². The topological polar surface area (TPSA) is 76.1 Å². The first-order valence-corrected chi connectivity index (χ1v) is 7.31. The summed E-state index contributed by atoms with van der Waals surface area (Å²) in [6.07, 6.45) is 5.46. The van der Waals surface area contributed by atoms with Crippen LogP contribution in [0.2, 0.25) is 0 Å². The van der Waals surface area contributed by atoms with Crippen molar-refractivity contribution in [3.05, 3.63) is 60.4 Å². The van der Waals surface area contributed by atoms with Gasteiger partial charge in [-0.25, -0.2) is 9.97 Å². The van der Waals surface area contributed by atoms with Gasteiger partial charge in [0.1, 0.15) is 5.75 Å². The molecule has 0 aliphatic heterocycles. The van der Waals surface area contributed by atoms with Gasteiger partial charge in [0.05, 0.1) is 12.7 Å². The zero-order chi connectivity index (χ0) is 16.5. The van der Waals surface area contributed by atoms with Crippen LogP contribution in [0, 0.1) is 0 Å². The zero-order valence-corrected chi connectivity index (χ0v) is 13.1. The van der Waals surface area contributed by atoms with Crippen LogP contribution in [0.15, 0.2) is 49.3 Å². The van der Waals surface area contributed by atoms with Gasteiger partial charge in [-0.1, -0.05) is 18.2 Å². The molecule has 1 aromatic carbocycles. The molecule has 0 saturated carbocycles. The van der Waals surface area contributed by atoms with Gasteiger partial charge in [-0.05, 0) is 24.1 Å². The van der Waals surface area contributed by atoms with Gasteiger partial charge in [-0.2, -0.15) is 0 Å². The van der Waals surface area contributed by atoms with Crippen LogP contribution in [0.4, 0.5) is 5.95 Å². The van der Waals surface area contributed by atoms with Crippen LogP contribution < -0.4 is 15.4 Å². The van der Waals surface area contributed by atoms with Crippen LogP contribution in [-0.4, -0.2) is 36.1 Å². The molecule has 0 bridgehead atoms. The van der Waals surface area contributed by atoms with Crippen molar-refractivity contribution in [3.8, 4) is 5.75 Å². The summed E-state index contributed by atoms with van der Waals surface area (Å²) in [4.78, 5) is 20.2. The predicted molar refractivity (Wildman–Crippen MR) is 89.7 cm³/mol. The van der Waals surface area contributed by atoms with Crippen molar-refractivity contribution < 1.29 is 9.53 Å². The number of hydrogen-bond acceptors (Lipinski definition) is 5. The number of benzene rings is 1. The van der Waals surface area contributed by atoms with Crippen molar-refractivity contribution in [2.75, 3.05) is 25.5 Å². The van der Waals surface area contributed by atoms with Gasteiger partial charge < -0.3 is 15.4 Å². The fraction of sp³-hybridized carbons (Fsp3) is 0.235. The molecular formula is C17H20N4O2. The summed E-state index contributed by atoms with van der Waals surface area (Å²) in [5.74, 6) is 1.11. The Morgan fingerprint density at radius 1 is 1.26 bits per heavy atom. The molecule has 6 heteroatoms. The molecule has 0 atom stereocenters. The second-order valence-electron chi connectivity index (χ2n) is 4.82. The van der Waals surface area contributed by atoms with E-state index in [1.165, 1.54) is 12.4 Å². The number of carbonyl (C=O) groups excluding carboxylic acids is 1. The lowest BCUT2D eigenvalue weighted by atomic mass is 10.1. The Kier molecular flexibility index (Phi) is 6.11. The van der Waals surface area contributed by atoms with Gasteiger partial charge in [0.15, 0.2) is 0 Å². The molecule has 0 aliphatic carbocycles. The molecule has 0 unspecified atom stereocenters. The average molecular weight is 312 g/mol. The second-order valence-corrected chi connectivity index (χ2v) is 4.82. The van der Waals surface area contributed by atoms with Crippen LogP contribution in [0.5, 0.6) is 5.75 Å². The minimum absolute atomic E-state index is 0.186. The number of rotatable bonds is 8. The molecule has 0 spiro atoms. The Morgan fingerprint density at radius 3 is 2.57 bits per heavy atom. The first-order valence-electron chi connectivity index (χ1n) is 7.31. The summed E-state index contributed by atoms with van der Waals surface area (Å²) < 4.78 is 5.11. The number of carbonyl (C=O) groups is 1. The molecule has 1 aromatic heterocycles. The largest absolute Gasteiger partial charge is 0.497 e. The highest BCUT2D eigenvalue weighted by molar-refractivity contribution is 5.93. The maximum absolute atomic E-state index is 12.0. The highest BCUT2D eigenvalue weighted by atomic mass is 16.5. The van der Waals surface area contributed by atoms with Crippen molar-refractivity contribution in [3.63, 3.8) is 0 Å². The van der Waals surface area contributed by atoms with E-state index in [2.05, 4.69) is 27.2 Å². The minimum atomic E-state index is -0.186. The van der Waals surface area contributed by atoms with E-state index in [-0.39, 0.29) is 5.91 Å². The molecule has 1 amide bonds. The predicted octanol–water partition coefficient (Wildman–Crippen LogP) is 2.06. The molecule has 0 aliphatic rings. The van der Waals surface area contributed by atoms with Gasteiger partial charge >= 0.3 is 0 Å². The maximum atomic E-state index is 12.0. The number of aromatic nitrogens is 2. The lowest BCUT2D eigenvalue weighted by Crippen LogP contribution is -2.26. The van der Waals surface area contributed by atoms with E-state index >= 15 is 0 Å². The van der Waals surface area contributed by atoms with Crippen molar-refractivity contribution in [1.82, 2.24) is 15.3 Å². The SMILES string of the molecule is C=CCNc1ncc(C(=O)NCCc2ccc(OC)cc2)cn1. The van der Waals surface area contributed by atoms with Crippen LogP contribution in [0.25, 0.3) is 0 Å². The third-order valence-corrected chi connectivity index (χ3v) is 3.18. The van der Waals surface area contributed by atoms with Crippen molar-refractivity contribution in [2.45, 2.75) is 6.42 Å². The fourth-order valence-electron chi connectivity index (χ4n) is 1.91. The van der Waals surface area contributed by atoms with Gasteiger partial charge in [-0.15, -0.1) is 6.58 Å². The normalized spacial score (nSPS) is 9.96. The number of amides is 1. The molecule has 0 fully saturated rings. The summed E-state index contributed by atoms with van der Waals surface area (Å²) in [6.45, 7) is 4.72. The lowest BCUT2D eigenvalue weighted by molar-refractivity contribution is 0.0953. The van der Waals surface area contributed by atoms with E-state index in [4.69, 9.17) is 4.74 Å². The lowest BCUT2D eigenvalue weighted by Gasteiger charge is -2.07. The smallest absolute Gasteiger partial charge is 0.254 e. The monoisotopic (exact) mass is 312 g/mol. The Morgan fingerprint density at radius 2 is 1.96 bits per heavy atom. The first-order chi connectivity index (χ1) is 11.2. The van der Waals surface area contributed by atoms with Crippen LogP contribution in [0.3, 0.4) is 0 Å². The first kappa shape index (κ1) is 16.5. The molecule has 1 heterocycles. The van der Waals surface area contributed by atoms with E-state index in [1.807, 2.05) is 24.3 Å². The fourth-order valence-corrected chi connectivity index (χ4v) is 1.91. The Bertz CT molecular complexity index is 639. The number of methoxy groups -OCH3 is 1. The van der Waals surface area contributed by atoms with E-state index in [0.29, 0.717) is 24.6 Å². The Balaban J connectivity index is 1.80. The summed E-state index contributed by atoms with van der Waals surface area (Å²) in [6, 6.07) is 7.77. The maximum Gasteiger partial charge on any atom is 0.254 e. The Labute approximate surface area is 135 Å². The number of nitrogens with zero attached hydrogens (tertiary/aromatic N) is 2. The van der Waals surface area contributed by atoms with Crippen molar-refractivity contribution in [2.24, 2.45) is 0 Å². The standard InChI is InChI=1S/C17H20N4O2/c1-3-9-19-17-20-11-14(12-21-17)16(22)18-10-8-13-4-6-15(23-2)7-5-13/h3-7,11-12H,1,8-10H2,2H3,(H,18,22)(H,19,20,21). The summed E-state index contributed by atoms with van der Waals surface area (Å²) in [5, 5.41) is 5.80. The molecule has 2 aromatic rings. The van der Waals surface area contributed by atoms with Gasteiger partial charge in [0, 0.05) is 25.5 Å². The van der Waals surface area contributed by atoms with Crippen LogP contribution >= 0.6 is 0 Å². The second kappa shape index (κ2) is 8.53.